The van der Waals surface area contributed by atoms with Crippen LogP contribution in [0.3, 0.4) is 0 Å². The highest BCUT2D eigenvalue weighted by molar-refractivity contribution is 5.57. The van der Waals surface area contributed by atoms with E-state index in [1.165, 1.54) is 12.8 Å². The van der Waals surface area contributed by atoms with Crippen LogP contribution in [0.25, 0.3) is 0 Å². The Morgan fingerprint density at radius 3 is 2.59 bits per heavy atom. The molecule has 2 aromatic rings. The van der Waals surface area contributed by atoms with Crippen LogP contribution in [0.2, 0.25) is 0 Å². The van der Waals surface area contributed by atoms with Crippen molar-refractivity contribution in [3.63, 3.8) is 0 Å². The number of nitrogens with zero attached hydrogens (tertiary/aromatic N) is 3. The number of anilines is 3. The quantitative estimate of drug-likeness (QED) is 0.822. The van der Waals surface area contributed by atoms with Crippen LogP contribution in [0.15, 0.2) is 36.4 Å². The molecule has 0 unspecified atom stereocenters. The Morgan fingerprint density at radius 1 is 1.14 bits per heavy atom. The van der Waals surface area contributed by atoms with Gasteiger partial charge in [-0.25, -0.2) is 4.98 Å². The van der Waals surface area contributed by atoms with Crippen molar-refractivity contribution >= 4 is 17.5 Å². The molecule has 0 bridgehead atoms. The fourth-order valence-electron chi connectivity index (χ4n) is 2.26. The maximum atomic E-state index is 4.65. The van der Waals surface area contributed by atoms with Gasteiger partial charge in [0.25, 0.3) is 0 Å². The molecule has 1 fully saturated rings. The number of rotatable bonds is 7. The topological polar surface area (TPSA) is 53.1 Å². The third-order valence-electron chi connectivity index (χ3n) is 3.63. The predicted molar refractivity (Wildman–Crippen MR) is 90.8 cm³/mol. The molecule has 0 atom stereocenters. The van der Waals surface area contributed by atoms with E-state index in [0.717, 1.165) is 30.3 Å². The molecule has 116 valence electrons. The van der Waals surface area contributed by atoms with Crippen LogP contribution in [-0.4, -0.2) is 42.1 Å². The van der Waals surface area contributed by atoms with E-state index >= 15 is 0 Å². The van der Waals surface area contributed by atoms with Gasteiger partial charge in [0.1, 0.15) is 5.82 Å². The lowest BCUT2D eigenvalue weighted by Gasteiger charge is -2.13. The van der Waals surface area contributed by atoms with Crippen molar-refractivity contribution in [3.8, 4) is 0 Å². The zero-order chi connectivity index (χ0) is 15.4. The van der Waals surface area contributed by atoms with E-state index in [1.807, 2.05) is 30.3 Å². The lowest BCUT2D eigenvalue weighted by atomic mass is 10.2. The minimum absolute atomic E-state index is 0.605. The van der Waals surface area contributed by atoms with Gasteiger partial charge in [-0.1, -0.05) is 18.2 Å². The van der Waals surface area contributed by atoms with Crippen LogP contribution in [0.5, 0.6) is 0 Å². The third kappa shape index (κ3) is 4.18. The number of likely N-dealkylation sites (N-methyl/N-ethyl adjacent to an activating group) is 1. The average Bonchev–Trinajstić information content (AvgIpc) is 3.32. The first kappa shape index (κ1) is 14.8. The Balaban J connectivity index is 1.75. The van der Waals surface area contributed by atoms with Gasteiger partial charge in [0.2, 0.25) is 5.95 Å². The normalized spacial score (nSPS) is 14.1. The standard InChI is InChI=1S/C17H23N5/c1-22(2)11-10-18-17-20-15(13-8-9-13)12-16(21-17)19-14-6-4-3-5-7-14/h3-7,12-13H,8-11H2,1-2H3,(H2,18,19,20,21). The number of para-hydroxylation sites is 1. The molecule has 3 rings (SSSR count). The molecular weight excluding hydrogens is 274 g/mol. The predicted octanol–water partition coefficient (Wildman–Crippen LogP) is 3.07. The second-order valence-corrected chi connectivity index (χ2v) is 6.00. The molecule has 1 aromatic heterocycles. The van der Waals surface area contributed by atoms with Gasteiger partial charge in [-0.15, -0.1) is 0 Å². The largest absolute Gasteiger partial charge is 0.353 e. The SMILES string of the molecule is CN(C)CCNc1nc(Nc2ccccc2)cc(C2CC2)n1. The summed E-state index contributed by atoms with van der Waals surface area (Å²) < 4.78 is 0. The average molecular weight is 297 g/mol. The van der Waals surface area contributed by atoms with Crippen molar-refractivity contribution in [1.29, 1.82) is 0 Å². The third-order valence-corrected chi connectivity index (χ3v) is 3.63. The first-order chi connectivity index (χ1) is 10.7. The fraction of sp³-hybridized carbons (Fsp3) is 0.412. The van der Waals surface area contributed by atoms with Crippen LogP contribution in [0, 0.1) is 0 Å². The summed E-state index contributed by atoms with van der Waals surface area (Å²) in [6.07, 6.45) is 2.47. The van der Waals surface area contributed by atoms with E-state index < -0.39 is 0 Å². The molecule has 0 saturated heterocycles. The van der Waals surface area contributed by atoms with E-state index in [9.17, 15) is 0 Å². The summed E-state index contributed by atoms with van der Waals surface area (Å²) in [5.41, 5.74) is 2.18. The zero-order valence-corrected chi connectivity index (χ0v) is 13.2. The summed E-state index contributed by atoms with van der Waals surface area (Å²) in [6, 6.07) is 12.2. The van der Waals surface area contributed by atoms with Crippen molar-refractivity contribution < 1.29 is 0 Å². The van der Waals surface area contributed by atoms with Gasteiger partial charge >= 0.3 is 0 Å². The van der Waals surface area contributed by atoms with E-state index in [0.29, 0.717) is 11.9 Å². The molecule has 0 radical (unpaired) electrons. The smallest absolute Gasteiger partial charge is 0.224 e. The van der Waals surface area contributed by atoms with E-state index in [2.05, 4.69) is 45.7 Å². The number of hydrogen-bond donors (Lipinski definition) is 2. The van der Waals surface area contributed by atoms with Crippen LogP contribution in [0.1, 0.15) is 24.5 Å². The van der Waals surface area contributed by atoms with E-state index in [-0.39, 0.29) is 0 Å². The first-order valence-corrected chi connectivity index (χ1v) is 7.80. The van der Waals surface area contributed by atoms with Gasteiger partial charge in [-0.3, -0.25) is 0 Å². The van der Waals surface area contributed by atoms with Gasteiger partial charge in [0, 0.05) is 30.8 Å². The van der Waals surface area contributed by atoms with Crippen LogP contribution in [0.4, 0.5) is 17.5 Å². The summed E-state index contributed by atoms with van der Waals surface area (Å²) in [5.74, 6) is 2.17. The second kappa shape index (κ2) is 6.75. The minimum Gasteiger partial charge on any atom is -0.353 e. The molecule has 0 aliphatic heterocycles. The van der Waals surface area contributed by atoms with Crippen molar-refractivity contribution in [2.45, 2.75) is 18.8 Å². The summed E-state index contributed by atoms with van der Waals surface area (Å²) >= 11 is 0. The lowest BCUT2D eigenvalue weighted by molar-refractivity contribution is 0.425. The molecule has 1 saturated carbocycles. The van der Waals surface area contributed by atoms with Crippen molar-refractivity contribution in [2.75, 3.05) is 37.8 Å². The summed E-state index contributed by atoms with van der Waals surface area (Å²) in [4.78, 5) is 11.4. The molecule has 1 heterocycles. The first-order valence-electron chi connectivity index (χ1n) is 7.80. The zero-order valence-electron chi connectivity index (χ0n) is 13.2. The number of nitrogens with one attached hydrogen (secondary N) is 2. The maximum absolute atomic E-state index is 4.65. The Labute approximate surface area is 131 Å². The second-order valence-electron chi connectivity index (χ2n) is 6.00. The van der Waals surface area contributed by atoms with Crippen LogP contribution < -0.4 is 10.6 Å². The molecule has 1 aromatic carbocycles. The highest BCUT2D eigenvalue weighted by atomic mass is 15.2. The Hall–Kier alpha value is -2.14. The fourth-order valence-corrected chi connectivity index (χ4v) is 2.26. The minimum atomic E-state index is 0.605. The molecule has 1 aliphatic rings. The van der Waals surface area contributed by atoms with Gasteiger partial charge in [0.15, 0.2) is 0 Å². The van der Waals surface area contributed by atoms with Gasteiger partial charge in [0.05, 0.1) is 5.69 Å². The van der Waals surface area contributed by atoms with Gasteiger partial charge < -0.3 is 15.5 Å². The molecule has 0 amide bonds. The van der Waals surface area contributed by atoms with E-state index in [1.54, 1.807) is 0 Å². The molecule has 22 heavy (non-hydrogen) atoms. The molecule has 5 heteroatoms. The molecule has 2 N–H and O–H groups in total. The molecular formula is C17H23N5. The number of benzene rings is 1. The summed E-state index contributed by atoms with van der Waals surface area (Å²) in [5, 5.41) is 6.69. The van der Waals surface area contributed by atoms with E-state index in [4.69, 9.17) is 0 Å². The summed E-state index contributed by atoms with van der Waals surface area (Å²) in [6.45, 7) is 1.80. The van der Waals surface area contributed by atoms with Crippen LogP contribution >= 0.6 is 0 Å². The van der Waals surface area contributed by atoms with Crippen molar-refractivity contribution in [2.24, 2.45) is 0 Å². The lowest BCUT2D eigenvalue weighted by Crippen LogP contribution is -2.21. The Morgan fingerprint density at radius 2 is 1.91 bits per heavy atom. The Bertz CT molecular complexity index is 608. The van der Waals surface area contributed by atoms with Crippen LogP contribution in [-0.2, 0) is 0 Å². The van der Waals surface area contributed by atoms with Gasteiger partial charge in [-0.2, -0.15) is 4.98 Å². The highest BCUT2D eigenvalue weighted by Gasteiger charge is 2.26. The Kier molecular flexibility index (Phi) is 4.53. The van der Waals surface area contributed by atoms with Crippen molar-refractivity contribution in [1.82, 2.24) is 14.9 Å². The molecule has 1 aliphatic carbocycles. The molecule has 0 spiro atoms. The number of aromatic nitrogens is 2. The monoisotopic (exact) mass is 297 g/mol. The highest BCUT2D eigenvalue weighted by Crippen LogP contribution is 2.40. The summed E-state index contributed by atoms with van der Waals surface area (Å²) in [7, 11) is 4.12. The maximum Gasteiger partial charge on any atom is 0.224 e. The molecule has 5 nitrogen and oxygen atoms in total. The van der Waals surface area contributed by atoms with Gasteiger partial charge in [-0.05, 0) is 39.1 Å². The number of hydrogen-bond acceptors (Lipinski definition) is 5. The van der Waals surface area contributed by atoms with Crippen molar-refractivity contribution in [3.05, 3.63) is 42.1 Å².